The summed E-state index contributed by atoms with van der Waals surface area (Å²) in [5.41, 5.74) is 4.17. The number of nitrogens with one attached hydrogen (secondary N) is 1. The zero-order valence-corrected chi connectivity index (χ0v) is 28.3. The van der Waals surface area contributed by atoms with E-state index in [0.717, 1.165) is 18.5 Å². The van der Waals surface area contributed by atoms with Crippen LogP contribution in [0.4, 0.5) is 10.5 Å². The van der Waals surface area contributed by atoms with Crippen LogP contribution in [0, 0.1) is 13.8 Å². The van der Waals surface area contributed by atoms with Gasteiger partial charge in [0.1, 0.15) is 5.60 Å². The van der Waals surface area contributed by atoms with Gasteiger partial charge in [-0.3, -0.25) is 14.6 Å². The molecule has 2 aromatic carbocycles. The molecule has 12 nitrogen and oxygen atoms in total. The first-order chi connectivity index (χ1) is 21.7. The van der Waals surface area contributed by atoms with Gasteiger partial charge in [-0.25, -0.2) is 9.80 Å². The molecule has 0 bridgehead atoms. The van der Waals surface area contributed by atoms with Crippen molar-refractivity contribution in [3.05, 3.63) is 65.0 Å². The second kappa shape index (κ2) is 14.8. The largest absolute Gasteiger partial charge is 0.444 e. The van der Waals surface area contributed by atoms with Gasteiger partial charge in [0.05, 0.1) is 13.1 Å². The van der Waals surface area contributed by atoms with Crippen molar-refractivity contribution in [3.8, 4) is 11.4 Å². The Hall–Kier alpha value is -4.45. The summed E-state index contributed by atoms with van der Waals surface area (Å²) in [5.74, 6) is 0.434. The molecule has 0 unspecified atom stereocenters. The third kappa shape index (κ3) is 9.06. The summed E-state index contributed by atoms with van der Waals surface area (Å²) in [6, 6.07) is 13.8. The smallest absolute Gasteiger partial charge is 0.410 e. The minimum absolute atomic E-state index is 0.0341. The maximum atomic E-state index is 13.8. The van der Waals surface area contributed by atoms with E-state index in [0.29, 0.717) is 29.5 Å². The van der Waals surface area contributed by atoms with Crippen molar-refractivity contribution in [1.82, 2.24) is 30.4 Å². The minimum atomic E-state index is -0.627. The number of likely N-dealkylation sites (N-methyl/N-ethyl adjacent to an activating group) is 1. The fourth-order valence-corrected chi connectivity index (χ4v) is 5.32. The van der Waals surface area contributed by atoms with Crippen LogP contribution in [0.25, 0.3) is 11.4 Å². The number of aromatic nitrogens is 2. The van der Waals surface area contributed by atoms with Crippen molar-refractivity contribution in [1.29, 1.82) is 0 Å². The molecule has 0 saturated heterocycles. The first-order valence-corrected chi connectivity index (χ1v) is 15.7. The zero-order valence-electron chi connectivity index (χ0n) is 28.3. The highest BCUT2D eigenvalue weighted by Gasteiger charge is 2.27. The topological polar surface area (TPSA) is 124 Å². The van der Waals surface area contributed by atoms with E-state index >= 15 is 0 Å². The van der Waals surface area contributed by atoms with Crippen LogP contribution >= 0.6 is 0 Å². The summed E-state index contributed by atoms with van der Waals surface area (Å²) in [6.07, 6.45) is 0.415. The summed E-state index contributed by atoms with van der Waals surface area (Å²) < 4.78 is 10.7. The number of anilines is 1. The minimum Gasteiger partial charge on any atom is -0.444 e. The van der Waals surface area contributed by atoms with Crippen molar-refractivity contribution < 1.29 is 23.6 Å². The lowest BCUT2D eigenvalue weighted by atomic mass is 10.0. The van der Waals surface area contributed by atoms with Crippen molar-refractivity contribution in [2.75, 3.05) is 44.7 Å². The number of hydrogen-bond acceptors (Lipinski definition) is 9. The number of carbonyl (C=O) groups is 3. The van der Waals surface area contributed by atoms with E-state index in [9.17, 15) is 14.4 Å². The maximum absolute atomic E-state index is 13.8. The number of nitrogens with zero attached hydrogens (tertiary/aromatic N) is 6. The van der Waals surface area contributed by atoms with Crippen LogP contribution in [-0.2, 0) is 27.3 Å². The predicted molar refractivity (Wildman–Crippen MR) is 176 cm³/mol. The number of amides is 3. The van der Waals surface area contributed by atoms with E-state index in [-0.39, 0.29) is 44.0 Å². The third-order valence-electron chi connectivity index (χ3n) is 7.82. The monoisotopic (exact) mass is 633 g/mol. The van der Waals surface area contributed by atoms with Crippen LogP contribution in [0.3, 0.4) is 0 Å². The second-order valence-corrected chi connectivity index (χ2v) is 12.9. The predicted octanol–water partition coefficient (Wildman–Crippen LogP) is 4.35. The number of rotatable bonds is 11. The van der Waals surface area contributed by atoms with Crippen LogP contribution in [0.2, 0.25) is 0 Å². The molecule has 4 rings (SSSR count). The SMILES string of the molecule is Cc1nc(-c2ccc(C)c(N(CC(=O)NCCN(C(=O)OC(C)(C)C)C(C)C)CC(=O)N(C)N3CCc4ccccc4C3)c2)no1. The number of ether oxygens (including phenoxy) is 1. The van der Waals surface area contributed by atoms with E-state index in [1.807, 2.05) is 76.9 Å². The van der Waals surface area contributed by atoms with Gasteiger partial charge in [-0.15, -0.1) is 0 Å². The zero-order chi connectivity index (χ0) is 33.6. The molecule has 1 aliphatic heterocycles. The van der Waals surface area contributed by atoms with Gasteiger partial charge in [-0.2, -0.15) is 4.98 Å². The molecule has 0 fully saturated rings. The Morgan fingerprint density at radius 3 is 2.43 bits per heavy atom. The van der Waals surface area contributed by atoms with Crippen LogP contribution in [0.1, 0.15) is 57.2 Å². The molecule has 0 saturated carbocycles. The van der Waals surface area contributed by atoms with Gasteiger partial charge >= 0.3 is 6.09 Å². The summed E-state index contributed by atoms with van der Waals surface area (Å²) in [6.45, 7) is 14.7. The van der Waals surface area contributed by atoms with E-state index in [2.05, 4.69) is 27.6 Å². The third-order valence-corrected chi connectivity index (χ3v) is 7.82. The summed E-state index contributed by atoms with van der Waals surface area (Å²) in [4.78, 5) is 47.6. The van der Waals surface area contributed by atoms with E-state index in [1.54, 1.807) is 28.8 Å². The fourth-order valence-electron chi connectivity index (χ4n) is 5.32. The number of carbonyl (C=O) groups excluding carboxylic acids is 3. The van der Waals surface area contributed by atoms with Crippen molar-refractivity contribution in [2.24, 2.45) is 0 Å². The Morgan fingerprint density at radius 1 is 1.07 bits per heavy atom. The maximum Gasteiger partial charge on any atom is 0.410 e. The summed E-state index contributed by atoms with van der Waals surface area (Å²) in [7, 11) is 1.77. The molecule has 1 aliphatic rings. The van der Waals surface area contributed by atoms with Crippen molar-refractivity contribution in [2.45, 2.75) is 73.1 Å². The van der Waals surface area contributed by atoms with E-state index in [4.69, 9.17) is 9.26 Å². The lowest BCUT2D eigenvalue weighted by molar-refractivity contribution is -0.145. The highest BCUT2D eigenvalue weighted by atomic mass is 16.6. The quantitative estimate of drug-likeness (QED) is 0.328. The number of benzene rings is 2. The fraction of sp³-hybridized carbons (Fsp3) is 0.500. The Labute approximate surface area is 271 Å². The molecule has 0 radical (unpaired) electrons. The number of fused-ring (bicyclic) bond motifs is 1. The molecule has 0 atom stereocenters. The van der Waals surface area contributed by atoms with Gasteiger partial charge in [0.2, 0.25) is 17.6 Å². The Kier molecular flexibility index (Phi) is 11.0. The Morgan fingerprint density at radius 2 is 1.78 bits per heavy atom. The van der Waals surface area contributed by atoms with Gasteiger partial charge in [0.25, 0.3) is 5.91 Å². The highest BCUT2D eigenvalue weighted by Crippen LogP contribution is 2.27. The number of hydrogen-bond donors (Lipinski definition) is 1. The normalized spacial score (nSPS) is 13.2. The van der Waals surface area contributed by atoms with E-state index in [1.165, 1.54) is 11.1 Å². The van der Waals surface area contributed by atoms with Crippen LogP contribution in [-0.4, -0.2) is 94.4 Å². The number of aryl methyl sites for hydroxylation is 2. The van der Waals surface area contributed by atoms with Gasteiger partial charge in [0.15, 0.2) is 0 Å². The van der Waals surface area contributed by atoms with E-state index < -0.39 is 11.7 Å². The van der Waals surface area contributed by atoms with Gasteiger partial charge in [-0.05, 0) is 70.7 Å². The van der Waals surface area contributed by atoms with Gasteiger partial charge in [-0.1, -0.05) is 41.6 Å². The molecule has 46 heavy (non-hydrogen) atoms. The molecule has 3 amide bonds. The first kappa shape index (κ1) is 34.4. The van der Waals surface area contributed by atoms with Crippen molar-refractivity contribution in [3.63, 3.8) is 0 Å². The standard InChI is InChI=1S/C34H47N7O5/c1-23(2)41(33(44)45-34(5,6)7)18-16-35-30(42)21-39(29-19-27(14-13-24(29)3)32-36-25(4)46-37-32)22-31(43)38(8)40-17-15-26-11-9-10-12-28(26)20-40/h9-14,19,23H,15-18,20-22H2,1-8H3,(H,35,42). The first-order valence-electron chi connectivity index (χ1n) is 15.7. The average Bonchev–Trinajstić information content (AvgIpc) is 3.43. The lowest BCUT2D eigenvalue weighted by Gasteiger charge is -2.37. The second-order valence-electron chi connectivity index (χ2n) is 12.9. The molecule has 12 heteroatoms. The Bertz CT molecular complexity index is 1530. The highest BCUT2D eigenvalue weighted by molar-refractivity contribution is 5.87. The van der Waals surface area contributed by atoms with Crippen LogP contribution < -0.4 is 10.2 Å². The summed E-state index contributed by atoms with van der Waals surface area (Å²) >= 11 is 0. The lowest BCUT2D eigenvalue weighted by Crippen LogP contribution is -2.51. The molecule has 1 N–H and O–H groups in total. The summed E-state index contributed by atoms with van der Waals surface area (Å²) in [5, 5.41) is 10.7. The molecule has 1 aromatic heterocycles. The number of hydrazine groups is 1. The Balaban J connectivity index is 1.50. The molecule has 2 heterocycles. The molecule has 0 spiro atoms. The van der Waals surface area contributed by atoms with Crippen LogP contribution in [0.5, 0.6) is 0 Å². The van der Waals surface area contributed by atoms with Crippen molar-refractivity contribution >= 4 is 23.6 Å². The molecular formula is C34H47N7O5. The molecular weight excluding hydrogens is 586 g/mol. The molecule has 248 valence electrons. The van der Waals surface area contributed by atoms with Gasteiger partial charge < -0.3 is 24.4 Å². The molecule has 3 aromatic rings. The average molecular weight is 634 g/mol. The van der Waals surface area contributed by atoms with Crippen LogP contribution in [0.15, 0.2) is 47.0 Å². The van der Waals surface area contributed by atoms with Gasteiger partial charge in [0, 0.05) is 57.4 Å². The molecule has 0 aliphatic carbocycles.